The van der Waals surface area contributed by atoms with E-state index in [0.29, 0.717) is 6.04 Å². The molecule has 1 N–H and O–H groups in total. The molecule has 0 bridgehead atoms. The van der Waals surface area contributed by atoms with Crippen LogP contribution in [0.3, 0.4) is 0 Å². The summed E-state index contributed by atoms with van der Waals surface area (Å²) in [7, 11) is 0. The van der Waals surface area contributed by atoms with E-state index in [-0.39, 0.29) is 0 Å². The highest BCUT2D eigenvalue weighted by Gasteiger charge is 2.07. The van der Waals surface area contributed by atoms with E-state index in [1.165, 1.54) is 15.3 Å². The predicted molar refractivity (Wildman–Crippen MR) is 73.2 cm³/mol. The van der Waals surface area contributed by atoms with Gasteiger partial charge in [-0.1, -0.05) is 13.0 Å². The van der Waals surface area contributed by atoms with Gasteiger partial charge in [-0.05, 0) is 37.1 Å². The molecule has 0 aliphatic carbocycles. The molecule has 2 heterocycles. The van der Waals surface area contributed by atoms with Crippen LogP contribution in [-0.2, 0) is 13.0 Å². The molecule has 3 heteroatoms. The van der Waals surface area contributed by atoms with Gasteiger partial charge in [-0.15, -0.1) is 11.3 Å². The molecule has 2 aromatic heterocycles. The van der Waals surface area contributed by atoms with E-state index in [9.17, 15) is 0 Å². The van der Waals surface area contributed by atoms with E-state index in [1.807, 2.05) is 23.6 Å². The van der Waals surface area contributed by atoms with Crippen LogP contribution < -0.4 is 5.32 Å². The lowest BCUT2D eigenvalue weighted by atomic mass is 10.2. The highest BCUT2D eigenvalue weighted by atomic mass is 32.1. The minimum Gasteiger partial charge on any atom is -0.305 e. The van der Waals surface area contributed by atoms with Crippen molar-refractivity contribution in [2.75, 3.05) is 0 Å². The van der Waals surface area contributed by atoms with Crippen molar-refractivity contribution in [2.45, 2.75) is 32.9 Å². The molecule has 0 saturated heterocycles. The standard InChI is InChI=1S/C14H18N2S/c1-3-13-6-7-14(17-13)11(2)16-10-12-5-4-8-15-9-12/h4-9,11,16H,3,10H2,1-2H3. The first kappa shape index (κ1) is 12.3. The van der Waals surface area contributed by atoms with Crippen molar-refractivity contribution in [1.82, 2.24) is 10.3 Å². The van der Waals surface area contributed by atoms with Gasteiger partial charge in [-0.2, -0.15) is 0 Å². The Kier molecular flexibility index (Phi) is 4.29. The molecule has 2 aromatic rings. The average molecular weight is 246 g/mol. The average Bonchev–Trinajstić information content (AvgIpc) is 2.86. The fourth-order valence-corrected chi connectivity index (χ4v) is 2.67. The third-order valence-corrected chi connectivity index (χ3v) is 4.21. The second-order valence-corrected chi connectivity index (χ2v) is 5.32. The minimum absolute atomic E-state index is 0.403. The predicted octanol–water partition coefficient (Wildman–Crippen LogP) is 3.56. The van der Waals surface area contributed by atoms with Gasteiger partial charge in [-0.25, -0.2) is 0 Å². The van der Waals surface area contributed by atoms with Crippen LogP contribution in [0.4, 0.5) is 0 Å². The summed E-state index contributed by atoms with van der Waals surface area (Å²) in [6.07, 6.45) is 4.84. The summed E-state index contributed by atoms with van der Waals surface area (Å²) in [5, 5.41) is 3.52. The van der Waals surface area contributed by atoms with Crippen LogP contribution in [0.25, 0.3) is 0 Å². The van der Waals surface area contributed by atoms with Crippen molar-refractivity contribution in [3.05, 3.63) is 52.0 Å². The second kappa shape index (κ2) is 5.94. The number of aromatic nitrogens is 1. The topological polar surface area (TPSA) is 24.9 Å². The number of aryl methyl sites for hydroxylation is 1. The number of thiophene rings is 1. The summed E-state index contributed by atoms with van der Waals surface area (Å²) >= 11 is 1.90. The van der Waals surface area contributed by atoms with Crippen molar-refractivity contribution in [3.63, 3.8) is 0 Å². The third-order valence-electron chi connectivity index (χ3n) is 2.79. The van der Waals surface area contributed by atoms with Gasteiger partial charge in [0.2, 0.25) is 0 Å². The number of pyridine rings is 1. The smallest absolute Gasteiger partial charge is 0.0388 e. The van der Waals surface area contributed by atoms with Crippen molar-refractivity contribution in [2.24, 2.45) is 0 Å². The van der Waals surface area contributed by atoms with E-state index < -0.39 is 0 Å². The van der Waals surface area contributed by atoms with Crippen LogP contribution in [0.15, 0.2) is 36.7 Å². The lowest BCUT2D eigenvalue weighted by molar-refractivity contribution is 0.582. The van der Waals surface area contributed by atoms with Gasteiger partial charge in [0.25, 0.3) is 0 Å². The maximum atomic E-state index is 4.12. The molecule has 1 atom stereocenters. The summed E-state index contributed by atoms with van der Waals surface area (Å²) in [4.78, 5) is 6.98. The van der Waals surface area contributed by atoms with Crippen LogP contribution >= 0.6 is 11.3 Å². The van der Waals surface area contributed by atoms with E-state index >= 15 is 0 Å². The Balaban J connectivity index is 1.91. The van der Waals surface area contributed by atoms with E-state index in [4.69, 9.17) is 0 Å². The summed E-state index contributed by atoms with van der Waals surface area (Å²) in [5.41, 5.74) is 1.23. The molecule has 0 aliphatic heterocycles. The first-order valence-corrected chi connectivity index (χ1v) is 6.82. The van der Waals surface area contributed by atoms with Crippen LogP contribution in [0, 0.1) is 0 Å². The van der Waals surface area contributed by atoms with Crippen LogP contribution in [0.5, 0.6) is 0 Å². The Morgan fingerprint density at radius 3 is 2.88 bits per heavy atom. The van der Waals surface area contributed by atoms with Crippen LogP contribution in [0.1, 0.15) is 35.2 Å². The Hall–Kier alpha value is -1.19. The molecule has 0 amide bonds. The minimum atomic E-state index is 0.403. The van der Waals surface area contributed by atoms with Gasteiger partial charge in [0.05, 0.1) is 0 Å². The molecule has 17 heavy (non-hydrogen) atoms. The molecule has 2 rings (SSSR count). The largest absolute Gasteiger partial charge is 0.305 e. The molecular formula is C14H18N2S. The van der Waals surface area contributed by atoms with Gasteiger partial charge < -0.3 is 5.32 Å². The van der Waals surface area contributed by atoms with Crippen LogP contribution in [-0.4, -0.2) is 4.98 Å². The highest BCUT2D eigenvalue weighted by molar-refractivity contribution is 7.12. The third kappa shape index (κ3) is 3.38. The summed E-state index contributed by atoms with van der Waals surface area (Å²) < 4.78 is 0. The van der Waals surface area contributed by atoms with Crippen molar-refractivity contribution in [1.29, 1.82) is 0 Å². The van der Waals surface area contributed by atoms with E-state index in [0.717, 1.165) is 13.0 Å². The molecule has 1 unspecified atom stereocenters. The highest BCUT2D eigenvalue weighted by Crippen LogP contribution is 2.23. The maximum absolute atomic E-state index is 4.12. The molecular weight excluding hydrogens is 228 g/mol. The number of rotatable bonds is 5. The molecule has 90 valence electrons. The zero-order chi connectivity index (χ0) is 12.1. The molecule has 0 saturated carbocycles. The number of nitrogens with zero attached hydrogens (tertiary/aromatic N) is 1. The first-order valence-electron chi connectivity index (χ1n) is 6.00. The Morgan fingerprint density at radius 2 is 2.24 bits per heavy atom. The summed E-state index contributed by atoms with van der Waals surface area (Å²) in [5.74, 6) is 0. The monoisotopic (exact) mass is 246 g/mol. The maximum Gasteiger partial charge on any atom is 0.0388 e. The SMILES string of the molecule is CCc1ccc(C(C)NCc2cccnc2)s1. The fraction of sp³-hybridized carbons (Fsp3) is 0.357. The number of hydrogen-bond donors (Lipinski definition) is 1. The van der Waals surface area contributed by atoms with Crippen molar-refractivity contribution < 1.29 is 0 Å². The zero-order valence-corrected chi connectivity index (χ0v) is 11.1. The fourth-order valence-electron chi connectivity index (χ4n) is 1.69. The second-order valence-electron chi connectivity index (χ2n) is 4.12. The van der Waals surface area contributed by atoms with Gasteiger partial charge in [0.15, 0.2) is 0 Å². The number of hydrogen-bond acceptors (Lipinski definition) is 3. The zero-order valence-electron chi connectivity index (χ0n) is 10.3. The molecule has 2 nitrogen and oxygen atoms in total. The van der Waals surface area contributed by atoms with Gasteiger partial charge in [0, 0.05) is 34.7 Å². The van der Waals surface area contributed by atoms with E-state index in [2.05, 4.69) is 42.3 Å². The molecule has 0 aromatic carbocycles. The van der Waals surface area contributed by atoms with Crippen molar-refractivity contribution >= 4 is 11.3 Å². The summed E-state index contributed by atoms with van der Waals surface area (Å²) in [6, 6.07) is 8.92. The Labute approximate surface area is 107 Å². The Morgan fingerprint density at radius 1 is 1.35 bits per heavy atom. The molecule has 0 aliphatic rings. The van der Waals surface area contributed by atoms with E-state index in [1.54, 1.807) is 6.20 Å². The number of nitrogens with one attached hydrogen (secondary N) is 1. The normalized spacial score (nSPS) is 12.6. The van der Waals surface area contributed by atoms with Crippen LogP contribution in [0.2, 0.25) is 0 Å². The first-order chi connectivity index (χ1) is 8.29. The molecule has 0 spiro atoms. The molecule has 0 radical (unpaired) electrons. The molecule has 0 fully saturated rings. The Bertz CT molecular complexity index is 450. The lowest BCUT2D eigenvalue weighted by Gasteiger charge is -2.11. The van der Waals surface area contributed by atoms with Gasteiger partial charge in [0.1, 0.15) is 0 Å². The lowest BCUT2D eigenvalue weighted by Crippen LogP contribution is -2.17. The van der Waals surface area contributed by atoms with Gasteiger partial charge in [-0.3, -0.25) is 4.98 Å². The van der Waals surface area contributed by atoms with Crippen molar-refractivity contribution in [3.8, 4) is 0 Å². The quantitative estimate of drug-likeness (QED) is 0.872. The van der Waals surface area contributed by atoms with Gasteiger partial charge >= 0.3 is 0 Å². The summed E-state index contributed by atoms with van der Waals surface area (Å²) in [6.45, 7) is 5.28.